The highest BCUT2D eigenvalue weighted by molar-refractivity contribution is 5.85. The zero-order valence-corrected chi connectivity index (χ0v) is 18.0. The molecule has 6 rings (SSSR count). The standard InChI is InChI=1S/C24H27NO3.ClH/c1-22-12-13-23(19-7-5-4-6-18(19)22,16-8-10-17(27-2)11-9-16)20-14-25-15-24(20,22)21(26)28-3;/h4-11,20,25H,12-15H2,1-3H3;1H. The average Bonchev–Trinajstić information content (AvgIpc) is 3.22. The van der Waals surface area contributed by atoms with E-state index in [1.165, 1.54) is 23.8 Å². The van der Waals surface area contributed by atoms with Crippen LogP contribution in [0.2, 0.25) is 0 Å². The Bertz CT molecular complexity index is 945. The molecule has 2 aromatic rings. The molecule has 2 aromatic carbocycles. The summed E-state index contributed by atoms with van der Waals surface area (Å²) < 4.78 is 10.8. The third-order valence-electron chi connectivity index (χ3n) is 8.10. The summed E-state index contributed by atoms with van der Waals surface area (Å²) in [5.41, 5.74) is 2.99. The first-order valence-electron chi connectivity index (χ1n) is 10.1. The highest BCUT2D eigenvalue weighted by Crippen LogP contribution is 2.70. The summed E-state index contributed by atoms with van der Waals surface area (Å²) in [5.74, 6) is 0.945. The highest BCUT2D eigenvalue weighted by atomic mass is 35.5. The van der Waals surface area contributed by atoms with Crippen molar-refractivity contribution in [2.24, 2.45) is 11.3 Å². The number of halogens is 1. The Balaban J connectivity index is 0.00000205. The van der Waals surface area contributed by atoms with Crippen molar-refractivity contribution in [1.29, 1.82) is 0 Å². The lowest BCUT2D eigenvalue weighted by Gasteiger charge is -2.64. The third kappa shape index (κ3) is 2.22. The Kier molecular flexibility index (Phi) is 4.71. The van der Waals surface area contributed by atoms with E-state index < -0.39 is 5.41 Å². The lowest BCUT2D eigenvalue weighted by molar-refractivity contribution is -0.167. The first-order valence-corrected chi connectivity index (χ1v) is 10.1. The zero-order valence-electron chi connectivity index (χ0n) is 17.2. The fourth-order valence-electron chi connectivity index (χ4n) is 6.79. The van der Waals surface area contributed by atoms with Gasteiger partial charge in [-0.3, -0.25) is 4.79 Å². The molecule has 1 heterocycles. The second-order valence-corrected chi connectivity index (χ2v) is 8.72. The van der Waals surface area contributed by atoms with Gasteiger partial charge in [-0.1, -0.05) is 43.3 Å². The lowest BCUT2D eigenvalue weighted by atomic mass is 9.37. The summed E-state index contributed by atoms with van der Waals surface area (Å²) >= 11 is 0. The molecule has 154 valence electrons. The van der Waals surface area contributed by atoms with Crippen LogP contribution in [0.4, 0.5) is 0 Å². The molecule has 0 spiro atoms. The fourth-order valence-corrected chi connectivity index (χ4v) is 6.79. The average molecular weight is 414 g/mol. The van der Waals surface area contributed by atoms with Crippen LogP contribution >= 0.6 is 12.4 Å². The number of ether oxygens (including phenoxy) is 2. The number of benzene rings is 2. The van der Waals surface area contributed by atoms with Gasteiger partial charge < -0.3 is 14.8 Å². The van der Waals surface area contributed by atoms with E-state index >= 15 is 0 Å². The molecule has 4 nitrogen and oxygen atoms in total. The van der Waals surface area contributed by atoms with Crippen LogP contribution in [-0.2, 0) is 20.4 Å². The fraction of sp³-hybridized carbons (Fsp3) is 0.458. The quantitative estimate of drug-likeness (QED) is 0.776. The number of hydrogen-bond donors (Lipinski definition) is 1. The van der Waals surface area contributed by atoms with Gasteiger partial charge in [-0.25, -0.2) is 0 Å². The number of esters is 1. The van der Waals surface area contributed by atoms with Crippen molar-refractivity contribution in [2.75, 3.05) is 27.3 Å². The van der Waals surface area contributed by atoms with Gasteiger partial charge in [-0.15, -0.1) is 12.4 Å². The van der Waals surface area contributed by atoms with E-state index in [0.29, 0.717) is 6.54 Å². The van der Waals surface area contributed by atoms with Crippen LogP contribution in [0.5, 0.6) is 5.75 Å². The molecule has 0 amide bonds. The Hall–Kier alpha value is -2.04. The second kappa shape index (κ2) is 6.75. The van der Waals surface area contributed by atoms with Gasteiger partial charge in [0, 0.05) is 29.8 Å². The molecule has 0 aromatic heterocycles. The van der Waals surface area contributed by atoms with Gasteiger partial charge in [0.1, 0.15) is 5.75 Å². The van der Waals surface area contributed by atoms with Crippen LogP contribution in [0.25, 0.3) is 0 Å². The maximum absolute atomic E-state index is 13.4. The minimum absolute atomic E-state index is 0. The van der Waals surface area contributed by atoms with Crippen molar-refractivity contribution < 1.29 is 14.3 Å². The second-order valence-electron chi connectivity index (χ2n) is 8.72. The number of carbonyl (C=O) groups is 1. The molecule has 1 N–H and O–H groups in total. The maximum atomic E-state index is 13.4. The number of nitrogens with one attached hydrogen (secondary N) is 1. The van der Waals surface area contributed by atoms with E-state index in [4.69, 9.17) is 9.47 Å². The summed E-state index contributed by atoms with van der Waals surface area (Å²) in [6.07, 6.45) is 2.02. The molecule has 0 radical (unpaired) electrons. The molecule has 2 bridgehead atoms. The van der Waals surface area contributed by atoms with Gasteiger partial charge in [0.05, 0.1) is 19.6 Å². The molecule has 4 unspecified atom stereocenters. The summed E-state index contributed by atoms with van der Waals surface area (Å²) in [4.78, 5) is 13.4. The molecular weight excluding hydrogens is 386 g/mol. The number of rotatable bonds is 3. The molecular formula is C24H28ClNO3. The molecule has 1 saturated carbocycles. The summed E-state index contributed by atoms with van der Waals surface area (Å²) in [7, 11) is 3.22. The smallest absolute Gasteiger partial charge is 0.314 e. The van der Waals surface area contributed by atoms with Crippen LogP contribution in [0.15, 0.2) is 48.5 Å². The van der Waals surface area contributed by atoms with Gasteiger partial charge in [0.2, 0.25) is 0 Å². The predicted octanol–water partition coefficient (Wildman–Crippen LogP) is 3.85. The Morgan fingerprint density at radius 1 is 1.03 bits per heavy atom. The van der Waals surface area contributed by atoms with Gasteiger partial charge in [0.25, 0.3) is 0 Å². The molecule has 2 fully saturated rings. The van der Waals surface area contributed by atoms with Crippen molar-refractivity contribution in [1.82, 2.24) is 5.32 Å². The van der Waals surface area contributed by atoms with Gasteiger partial charge in [-0.2, -0.15) is 0 Å². The van der Waals surface area contributed by atoms with Crippen molar-refractivity contribution in [2.45, 2.75) is 30.6 Å². The Morgan fingerprint density at radius 3 is 2.38 bits per heavy atom. The summed E-state index contributed by atoms with van der Waals surface area (Å²) in [6.45, 7) is 3.78. The first kappa shape index (κ1) is 20.2. The van der Waals surface area contributed by atoms with Crippen LogP contribution in [0, 0.1) is 11.3 Å². The first-order chi connectivity index (χ1) is 13.5. The minimum Gasteiger partial charge on any atom is -0.497 e. The molecule has 5 heteroatoms. The third-order valence-corrected chi connectivity index (χ3v) is 8.10. The predicted molar refractivity (Wildman–Crippen MR) is 115 cm³/mol. The van der Waals surface area contributed by atoms with E-state index in [2.05, 4.69) is 48.6 Å². The SMILES string of the molecule is COC(=O)C12CNCC1C1(c3ccc(OC)cc3)CCC2(C)c2ccccc21.Cl. The monoisotopic (exact) mass is 413 g/mol. The van der Waals surface area contributed by atoms with E-state index in [1.54, 1.807) is 7.11 Å². The van der Waals surface area contributed by atoms with Crippen LogP contribution in [-0.4, -0.2) is 33.3 Å². The van der Waals surface area contributed by atoms with Crippen LogP contribution < -0.4 is 10.1 Å². The van der Waals surface area contributed by atoms with Gasteiger partial charge in [0.15, 0.2) is 0 Å². The molecule has 4 aliphatic rings. The van der Waals surface area contributed by atoms with Gasteiger partial charge >= 0.3 is 5.97 Å². The zero-order chi connectivity index (χ0) is 19.6. The number of methoxy groups -OCH3 is 2. The topological polar surface area (TPSA) is 47.6 Å². The lowest BCUT2D eigenvalue weighted by Crippen LogP contribution is -2.67. The van der Waals surface area contributed by atoms with E-state index in [9.17, 15) is 4.79 Å². The van der Waals surface area contributed by atoms with Crippen molar-refractivity contribution >= 4 is 18.4 Å². The maximum Gasteiger partial charge on any atom is 0.314 e. The van der Waals surface area contributed by atoms with E-state index in [1.807, 2.05) is 12.1 Å². The Labute approximate surface area is 178 Å². The highest BCUT2D eigenvalue weighted by Gasteiger charge is 2.73. The van der Waals surface area contributed by atoms with Crippen molar-refractivity contribution in [3.05, 3.63) is 65.2 Å². The molecule has 3 aliphatic carbocycles. The normalized spacial score (nSPS) is 34.0. The number of carbonyl (C=O) groups excluding carboxylic acids is 1. The van der Waals surface area contributed by atoms with Gasteiger partial charge in [-0.05, 0) is 41.7 Å². The largest absolute Gasteiger partial charge is 0.497 e. The molecule has 1 aliphatic heterocycles. The molecule has 4 atom stereocenters. The number of fused-ring (bicyclic) bond motifs is 1. The van der Waals surface area contributed by atoms with E-state index in [-0.39, 0.29) is 35.1 Å². The summed E-state index contributed by atoms with van der Waals surface area (Å²) in [6, 6.07) is 17.2. The molecule has 1 saturated heterocycles. The van der Waals surface area contributed by atoms with Crippen LogP contribution in [0.1, 0.15) is 36.5 Å². The summed E-state index contributed by atoms with van der Waals surface area (Å²) in [5, 5.41) is 3.57. The van der Waals surface area contributed by atoms with Crippen LogP contribution in [0.3, 0.4) is 0 Å². The van der Waals surface area contributed by atoms with E-state index in [0.717, 1.165) is 25.1 Å². The Morgan fingerprint density at radius 2 is 1.72 bits per heavy atom. The van der Waals surface area contributed by atoms with Crippen molar-refractivity contribution in [3.63, 3.8) is 0 Å². The van der Waals surface area contributed by atoms with Crippen molar-refractivity contribution in [3.8, 4) is 5.75 Å². The number of hydrogen-bond acceptors (Lipinski definition) is 4. The molecule has 29 heavy (non-hydrogen) atoms. The minimum atomic E-state index is -0.547.